The molecular weight excluding hydrogens is 216 g/mol. The summed E-state index contributed by atoms with van der Waals surface area (Å²) in [6.45, 7) is 7.59. The number of carbonyl (C=O) groups excluding carboxylic acids is 2. The van der Waals surface area contributed by atoms with Crippen LogP contribution in [0.4, 0.5) is 0 Å². The molecule has 17 heavy (non-hydrogen) atoms. The zero-order valence-electron chi connectivity index (χ0n) is 10.9. The minimum absolute atomic E-state index is 0.129. The van der Waals surface area contributed by atoms with Crippen LogP contribution in [0.3, 0.4) is 0 Å². The van der Waals surface area contributed by atoms with Crippen molar-refractivity contribution < 1.29 is 9.59 Å². The van der Waals surface area contributed by atoms with E-state index in [4.69, 9.17) is 0 Å². The minimum Gasteiger partial charge on any atom is -0.303 e. The second-order valence-corrected chi connectivity index (χ2v) is 6.09. The number of imide groups is 1. The van der Waals surface area contributed by atoms with Crippen LogP contribution in [0.25, 0.3) is 0 Å². The molecule has 4 heteroatoms. The lowest BCUT2D eigenvalue weighted by Gasteiger charge is -2.42. The molecule has 2 heterocycles. The van der Waals surface area contributed by atoms with Crippen LogP contribution in [0.1, 0.15) is 46.5 Å². The van der Waals surface area contributed by atoms with Gasteiger partial charge in [-0.3, -0.25) is 14.9 Å². The molecule has 2 rings (SSSR count). The Morgan fingerprint density at radius 1 is 1.41 bits per heavy atom. The van der Waals surface area contributed by atoms with Gasteiger partial charge in [-0.2, -0.15) is 0 Å². The van der Waals surface area contributed by atoms with Gasteiger partial charge in [-0.1, -0.05) is 27.2 Å². The maximum Gasteiger partial charge on any atom is 0.247 e. The number of hydrogen-bond acceptors (Lipinski definition) is 3. The Hall–Kier alpha value is -0.900. The monoisotopic (exact) mass is 238 g/mol. The van der Waals surface area contributed by atoms with Crippen LogP contribution in [-0.4, -0.2) is 23.9 Å². The first kappa shape index (κ1) is 12.6. The summed E-state index contributed by atoms with van der Waals surface area (Å²) in [6, 6.07) is 0. The van der Waals surface area contributed by atoms with E-state index in [0.29, 0.717) is 17.8 Å². The fourth-order valence-electron chi connectivity index (χ4n) is 2.87. The van der Waals surface area contributed by atoms with Crippen molar-refractivity contribution in [3.05, 3.63) is 0 Å². The van der Waals surface area contributed by atoms with Crippen molar-refractivity contribution in [2.45, 2.75) is 52.0 Å². The Morgan fingerprint density at radius 2 is 2.12 bits per heavy atom. The van der Waals surface area contributed by atoms with E-state index >= 15 is 0 Å². The standard InChI is InChI=1S/C13H22N2O2/c1-4-12(2,3)9-5-6-13(14-8-9)7-10(16)15-11(13)17/h9,14H,4-8H2,1-3H3,(H,15,16,17). The lowest BCUT2D eigenvalue weighted by atomic mass is 9.70. The Bertz CT molecular complexity index is 341. The molecule has 2 fully saturated rings. The van der Waals surface area contributed by atoms with Crippen LogP contribution in [-0.2, 0) is 9.59 Å². The quantitative estimate of drug-likeness (QED) is 0.711. The van der Waals surface area contributed by atoms with Crippen LogP contribution >= 0.6 is 0 Å². The summed E-state index contributed by atoms with van der Waals surface area (Å²) >= 11 is 0. The van der Waals surface area contributed by atoms with Crippen LogP contribution in [0.2, 0.25) is 0 Å². The summed E-state index contributed by atoms with van der Waals surface area (Å²) in [4.78, 5) is 23.1. The first-order chi connectivity index (χ1) is 7.89. The highest BCUT2D eigenvalue weighted by Crippen LogP contribution is 2.39. The molecule has 2 atom stereocenters. The molecule has 2 amide bonds. The maximum atomic E-state index is 11.8. The van der Waals surface area contributed by atoms with E-state index in [1.807, 2.05) is 0 Å². The average Bonchev–Trinajstić information content (AvgIpc) is 2.54. The highest BCUT2D eigenvalue weighted by Gasteiger charge is 2.49. The third kappa shape index (κ3) is 2.10. The summed E-state index contributed by atoms with van der Waals surface area (Å²) in [6.07, 6.45) is 3.25. The van der Waals surface area contributed by atoms with Gasteiger partial charge in [0.1, 0.15) is 5.54 Å². The molecule has 0 aromatic carbocycles. The normalized spacial score (nSPS) is 34.2. The molecule has 2 saturated heterocycles. The van der Waals surface area contributed by atoms with E-state index in [2.05, 4.69) is 31.4 Å². The van der Waals surface area contributed by atoms with Crippen LogP contribution in [0.15, 0.2) is 0 Å². The fraction of sp³-hybridized carbons (Fsp3) is 0.846. The lowest BCUT2D eigenvalue weighted by Crippen LogP contribution is -2.57. The van der Waals surface area contributed by atoms with Gasteiger partial charge in [-0.25, -0.2) is 0 Å². The molecule has 1 spiro atoms. The first-order valence-corrected chi connectivity index (χ1v) is 6.49. The molecular formula is C13H22N2O2. The summed E-state index contributed by atoms with van der Waals surface area (Å²) < 4.78 is 0. The highest BCUT2D eigenvalue weighted by atomic mass is 16.2. The van der Waals surface area contributed by atoms with Gasteiger partial charge in [-0.05, 0) is 30.7 Å². The molecule has 2 aliphatic rings. The number of nitrogens with one attached hydrogen (secondary N) is 2. The number of amides is 2. The lowest BCUT2D eigenvalue weighted by molar-refractivity contribution is -0.127. The third-order valence-electron chi connectivity index (χ3n) is 4.77. The van der Waals surface area contributed by atoms with Crippen molar-refractivity contribution in [3.63, 3.8) is 0 Å². The summed E-state index contributed by atoms with van der Waals surface area (Å²) in [5.74, 6) is 0.313. The molecule has 0 saturated carbocycles. The van der Waals surface area contributed by atoms with E-state index in [1.165, 1.54) is 0 Å². The Labute approximate surface area is 103 Å². The smallest absolute Gasteiger partial charge is 0.247 e. The largest absolute Gasteiger partial charge is 0.303 e. The number of carbonyl (C=O) groups is 2. The molecule has 0 aliphatic carbocycles. The summed E-state index contributed by atoms with van der Waals surface area (Å²) in [5.41, 5.74) is -0.300. The number of rotatable bonds is 2. The molecule has 0 bridgehead atoms. The third-order valence-corrected chi connectivity index (χ3v) is 4.77. The summed E-state index contributed by atoms with van der Waals surface area (Å²) in [5, 5.41) is 5.74. The van der Waals surface area contributed by atoms with E-state index in [-0.39, 0.29) is 11.8 Å². The van der Waals surface area contributed by atoms with Gasteiger partial charge < -0.3 is 5.32 Å². The van der Waals surface area contributed by atoms with Crippen molar-refractivity contribution in [1.82, 2.24) is 10.6 Å². The van der Waals surface area contributed by atoms with E-state index < -0.39 is 5.54 Å². The van der Waals surface area contributed by atoms with Gasteiger partial charge in [0.25, 0.3) is 0 Å². The van der Waals surface area contributed by atoms with Gasteiger partial charge in [0.05, 0.1) is 6.42 Å². The van der Waals surface area contributed by atoms with Crippen molar-refractivity contribution in [1.29, 1.82) is 0 Å². The van der Waals surface area contributed by atoms with Crippen molar-refractivity contribution in [2.75, 3.05) is 6.54 Å². The Balaban J connectivity index is 2.03. The summed E-state index contributed by atoms with van der Waals surface area (Å²) in [7, 11) is 0. The molecule has 0 aromatic heterocycles. The molecule has 2 unspecified atom stereocenters. The van der Waals surface area contributed by atoms with Gasteiger partial charge in [-0.15, -0.1) is 0 Å². The molecule has 0 aromatic rings. The molecule has 4 nitrogen and oxygen atoms in total. The predicted octanol–water partition coefficient (Wildman–Crippen LogP) is 1.21. The van der Waals surface area contributed by atoms with Gasteiger partial charge >= 0.3 is 0 Å². The first-order valence-electron chi connectivity index (χ1n) is 6.49. The number of hydrogen-bond donors (Lipinski definition) is 2. The van der Waals surface area contributed by atoms with Crippen LogP contribution in [0, 0.1) is 11.3 Å². The van der Waals surface area contributed by atoms with E-state index in [1.54, 1.807) is 0 Å². The second kappa shape index (κ2) is 4.09. The van der Waals surface area contributed by atoms with Gasteiger partial charge in [0.2, 0.25) is 11.8 Å². The Kier molecular flexibility index (Phi) is 3.02. The predicted molar refractivity (Wildman–Crippen MR) is 65.3 cm³/mol. The molecule has 96 valence electrons. The van der Waals surface area contributed by atoms with Crippen molar-refractivity contribution in [3.8, 4) is 0 Å². The average molecular weight is 238 g/mol. The molecule has 0 radical (unpaired) electrons. The highest BCUT2D eigenvalue weighted by molar-refractivity contribution is 6.08. The fourth-order valence-corrected chi connectivity index (χ4v) is 2.87. The molecule has 2 aliphatic heterocycles. The van der Waals surface area contributed by atoms with Crippen molar-refractivity contribution >= 4 is 11.8 Å². The molecule has 2 N–H and O–H groups in total. The van der Waals surface area contributed by atoms with E-state index in [0.717, 1.165) is 25.8 Å². The minimum atomic E-state index is -0.600. The topological polar surface area (TPSA) is 58.2 Å². The Morgan fingerprint density at radius 3 is 2.53 bits per heavy atom. The van der Waals surface area contributed by atoms with Gasteiger partial charge in [0, 0.05) is 0 Å². The maximum absolute atomic E-state index is 11.8. The van der Waals surface area contributed by atoms with Crippen LogP contribution in [0.5, 0.6) is 0 Å². The second-order valence-electron chi connectivity index (χ2n) is 6.09. The van der Waals surface area contributed by atoms with E-state index in [9.17, 15) is 9.59 Å². The zero-order valence-corrected chi connectivity index (χ0v) is 10.9. The van der Waals surface area contributed by atoms with Crippen molar-refractivity contribution in [2.24, 2.45) is 11.3 Å². The SMILES string of the molecule is CCC(C)(C)C1CCC2(CC(=O)NC2=O)NC1. The van der Waals surface area contributed by atoms with Crippen LogP contribution < -0.4 is 10.6 Å². The number of piperidine rings is 1. The zero-order chi connectivity index (χ0) is 12.7. The van der Waals surface area contributed by atoms with Gasteiger partial charge in [0.15, 0.2) is 0 Å².